The number of amidine groups is 1. The quantitative estimate of drug-likeness (QED) is 0.828. The van der Waals surface area contributed by atoms with Gasteiger partial charge in [0, 0.05) is 24.6 Å². The van der Waals surface area contributed by atoms with Crippen molar-refractivity contribution >= 4 is 21.8 Å². The number of rotatable bonds is 4. The molecule has 0 spiro atoms. The molecule has 1 saturated heterocycles. The molecule has 1 fully saturated rings. The predicted octanol–water partition coefficient (Wildman–Crippen LogP) is 2.17. The van der Waals surface area contributed by atoms with E-state index in [4.69, 9.17) is 10.5 Å². The molecule has 7 nitrogen and oxygen atoms in total. The molecular weight excluding hydrogens is 390 g/mol. The molecule has 1 atom stereocenters. The topological polar surface area (TPSA) is 102 Å². The van der Waals surface area contributed by atoms with Crippen molar-refractivity contribution in [2.24, 2.45) is 16.0 Å². The van der Waals surface area contributed by atoms with Crippen LogP contribution in [0.3, 0.4) is 0 Å². The fraction of sp³-hybridized carbons (Fsp3) is 0.333. The monoisotopic (exact) mass is 413 g/mol. The van der Waals surface area contributed by atoms with Crippen molar-refractivity contribution in [2.45, 2.75) is 18.6 Å². The standard InChI is InChI=1S/C21H23N3O4S/c22-20-19-17(14-29(26,27)23-20)9-4-10-18(19)28-13-15-6-5-11-24(12-15)21(25)16-7-2-1-3-8-16/h1-4,7-10,15H,5-6,11-14H2,(H2,22,23). The molecule has 2 aromatic rings. The van der Waals surface area contributed by atoms with Crippen molar-refractivity contribution in [2.75, 3.05) is 19.7 Å². The first-order chi connectivity index (χ1) is 13.9. The minimum Gasteiger partial charge on any atom is -0.492 e. The van der Waals surface area contributed by atoms with Crippen molar-refractivity contribution in [1.82, 2.24) is 4.90 Å². The summed E-state index contributed by atoms with van der Waals surface area (Å²) < 4.78 is 33.3. The molecule has 0 aliphatic carbocycles. The van der Waals surface area contributed by atoms with E-state index in [1.807, 2.05) is 35.2 Å². The first-order valence-electron chi connectivity index (χ1n) is 9.60. The number of nitrogens with zero attached hydrogens (tertiary/aromatic N) is 2. The Morgan fingerprint density at radius 1 is 1.17 bits per heavy atom. The second kappa shape index (κ2) is 7.87. The Labute approximate surface area is 170 Å². The molecule has 152 valence electrons. The number of piperidine rings is 1. The van der Waals surface area contributed by atoms with Gasteiger partial charge in [-0.25, -0.2) is 8.42 Å². The molecule has 0 bridgehead atoms. The Bertz CT molecular complexity index is 1050. The van der Waals surface area contributed by atoms with Crippen LogP contribution in [0.5, 0.6) is 5.75 Å². The Kier molecular flexibility index (Phi) is 5.27. The fourth-order valence-corrected chi connectivity index (χ4v) is 4.98. The molecule has 4 rings (SSSR count). The Balaban J connectivity index is 1.44. The highest BCUT2D eigenvalue weighted by Crippen LogP contribution is 2.29. The third-order valence-corrected chi connectivity index (χ3v) is 6.40. The van der Waals surface area contributed by atoms with E-state index >= 15 is 0 Å². The molecule has 2 aliphatic rings. The minimum absolute atomic E-state index is 0.0358. The van der Waals surface area contributed by atoms with E-state index in [2.05, 4.69) is 4.40 Å². The van der Waals surface area contributed by atoms with E-state index in [0.717, 1.165) is 19.4 Å². The molecule has 0 radical (unpaired) electrons. The Morgan fingerprint density at radius 2 is 1.97 bits per heavy atom. The summed E-state index contributed by atoms with van der Waals surface area (Å²) in [6.45, 7) is 1.79. The summed E-state index contributed by atoms with van der Waals surface area (Å²) in [6, 6.07) is 14.5. The Hall–Kier alpha value is -2.87. The third kappa shape index (κ3) is 4.27. The number of carbonyl (C=O) groups is 1. The number of benzene rings is 2. The van der Waals surface area contributed by atoms with Crippen LogP contribution in [0.2, 0.25) is 0 Å². The number of likely N-dealkylation sites (tertiary alicyclic amines) is 1. The number of fused-ring (bicyclic) bond motifs is 1. The summed E-state index contributed by atoms with van der Waals surface area (Å²) in [5.74, 6) is 0.548. The van der Waals surface area contributed by atoms with E-state index in [0.29, 0.717) is 35.6 Å². The average molecular weight is 413 g/mol. The number of carbonyl (C=O) groups excluding carboxylic acids is 1. The highest BCUT2D eigenvalue weighted by molar-refractivity contribution is 7.89. The van der Waals surface area contributed by atoms with Gasteiger partial charge in [-0.15, -0.1) is 4.40 Å². The largest absolute Gasteiger partial charge is 0.492 e. The molecule has 8 heteroatoms. The minimum atomic E-state index is -3.58. The van der Waals surface area contributed by atoms with Crippen molar-refractivity contribution in [1.29, 1.82) is 0 Å². The molecule has 2 heterocycles. The highest BCUT2D eigenvalue weighted by Gasteiger charge is 2.27. The van der Waals surface area contributed by atoms with Crippen molar-refractivity contribution in [3.8, 4) is 5.75 Å². The lowest BCUT2D eigenvalue weighted by Crippen LogP contribution is -2.41. The van der Waals surface area contributed by atoms with Crippen LogP contribution in [-0.2, 0) is 15.8 Å². The maximum absolute atomic E-state index is 12.7. The smallest absolute Gasteiger partial charge is 0.259 e. The van der Waals surface area contributed by atoms with Crippen LogP contribution in [0.25, 0.3) is 0 Å². The Morgan fingerprint density at radius 3 is 2.76 bits per heavy atom. The number of hydrogen-bond acceptors (Lipinski definition) is 5. The fourth-order valence-electron chi connectivity index (χ4n) is 3.89. The van der Waals surface area contributed by atoms with Gasteiger partial charge in [0.05, 0.1) is 17.9 Å². The summed E-state index contributed by atoms with van der Waals surface area (Å²) in [7, 11) is -3.58. The lowest BCUT2D eigenvalue weighted by molar-refractivity contribution is 0.0633. The first-order valence-corrected chi connectivity index (χ1v) is 11.2. The summed E-state index contributed by atoms with van der Waals surface area (Å²) in [6.07, 6.45) is 1.88. The molecule has 0 saturated carbocycles. The maximum atomic E-state index is 12.7. The first kappa shape index (κ1) is 19.4. The summed E-state index contributed by atoms with van der Waals surface area (Å²) >= 11 is 0. The van der Waals surface area contributed by atoms with Crippen molar-refractivity contribution < 1.29 is 17.9 Å². The van der Waals surface area contributed by atoms with Gasteiger partial charge in [-0.05, 0) is 36.6 Å². The normalized spacial score (nSPS) is 20.5. The van der Waals surface area contributed by atoms with Gasteiger partial charge in [0.2, 0.25) is 0 Å². The SMILES string of the molecule is NC1=NS(=O)(=O)Cc2cccc(OCC3CCCN(C(=O)c4ccccc4)C3)c21. The summed E-state index contributed by atoms with van der Waals surface area (Å²) in [4.78, 5) is 14.6. The lowest BCUT2D eigenvalue weighted by atomic mass is 9.98. The number of ether oxygens (including phenoxy) is 1. The second-order valence-electron chi connectivity index (χ2n) is 7.43. The van der Waals surface area contributed by atoms with Gasteiger partial charge in [-0.1, -0.05) is 30.3 Å². The molecule has 1 unspecified atom stereocenters. The van der Waals surface area contributed by atoms with Crippen molar-refractivity contribution in [3.63, 3.8) is 0 Å². The molecule has 2 N–H and O–H groups in total. The molecule has 2 aromatic carbocycles. The van der Waals surface area contributed by atoms with E-state index in [1.54, 1.807) is 18.2 Å². The highest BCUT2D eigenvalue weighted by atomic mass is 32.2. The zero-order chi connectivity index (χ0) is 20.4. The van der Waals surface area contributed by atoms with Crippen LogP contribution < -0.4 is 10.5 Å². The summed E-state index contributed by atoms with van der Waals surface area (Å²) in [5, 5.41) is 0. The van der Waals surface area contributed by atoms with Gasteiger partial charge in [0.25, 0.3) is 15.9 Å². The van der Waals surface area contributed by atoms with Crippen LogP contribution >= 0.6 is 0 Å². The number of hydrogen-bond donors (Lipinski definition) is 1. The summed E-state index contributed by atoms with van der Waals surface area (Å²) in [5.41, 5.74) is 7.73. The van der Waals surface area contributed by atoms with E-state index in [1.165, 1.54) is 0 Å². The van der Waals surface area contributed by atoms with Crippen LogP contribution in [0.15, 0.2) is 52.9 Å². The molecule has 1 amide bonds. The number of nitrogens with two attached hydrogens (primary N) is 1. The number of amides is 1. The van der Waals surface area contributed by atoms with Gasteiger partial charge in [0.1, 0.15) is 11.6 Å². The maximum Gasteiger partial charge on any atom is 0.259 e. The van der Waals surface area contributed by atoms with E-state index < -0.39 is 10.0 Å². The van der Waals surface area contributed by atoms with E-state index in [9.17, 15) is 13.2 Å². The average Bonchev–Trinajstić information content (AvgIpc) is 2.71. The number of sulfonamides is 1. The van der Waals surface area contributed by atoms with Crippen LogP contribution in [0, 0.1) is 5.92 Å². The van der Waals surface area contributed by atoms with Gasteiger partial charge >= 0.3 is 0 Å². The second-order valence-corrected chi connectivity index (χ2v) is 9.06. The molecule has 2 aliphatic heterocycles. The zero-order valence-corrected chi connectivity index (χ0v) is 16.8. The predicted molar refractivity (Wildman–Crippen MR) is 110 cm³/mol. The third-order valence-electron chi connectivity index (χ3n) is 5.25. The van der Waals surface area contributed by atoms with Crippen molar-refractivity contribution in [3.05, 3.63) is 65.2 Å². The van der Waals surface area contributed by atoms with Crippen LogP contribution in [-0.4, -0.2) is 44.8 Å². The van der Waals surface area contributed by atoms with Gasteiger partial charge in [0.15, 0.2) is 0 Å². The van der Waals surface area contributed by atoms with Gasteiger partial charge in [-0.2, -0.15) is 0 Å². The molecular formula is C21H23N3O4S. The van der Waals surface area contributed by atoms with Crippen LogP contribution in [0.1, 0.15) is 34.3 Å². The zero-order valence-electron chi connectivity index (χ0n) is 16.0. The van der Waals surface area contributed by atoms with E-state index in [-0.39, 0.29) is 23.4 Å². The lowest BCUT2D eigenvalue weighted by Gasteiger charge is -2.33. The van der Waals surface area contributed by atoms with Gasteiger partial charge in [-0.3, -0.25) is 4.79 Å². The van der Waals surface area contributed by atoms with Crippen LogP contribution in [0.4, 0.5) is 0 Å². The molecule has 29 heavy (non-hydrogen) atoms. The van der Waals surface area contributed by atoms with Gasteiger partial charge < -0.3 is 15.4 Å². The molecule has 0 aromatic heterocycles.